The molecule has 1 aliphatic heterocycles. The van der Waals surface area contributed by atoms with Crippen molar-refractivity contribution in [3.8, 4) is 17.2 Å². The Morgan fingerprint density at radius 3 is 2.55 bits per heavy atom. The molecule has 8 heteroatoms. The van der Waals surface area contributed by atoms with Crippen LogP contribution in [0.2, 0.25) is 0 Å². The van der Waals surface area contributed by atoms with Crippen LogP contribution in [0.4, 0.5) is 13.2 Å². The van der Waals surface area contributed by atoms with E-state index >= 15 is 0 Å². The van der Waals surface area contributed by atoms with Crippen LogP contribution in [0.15, 0.2) is 45.6 Å². The van der Waals surface area contributed by atoms with Gasteiger partial charge in [-0.2, -0.15) is 13.2 Å². The van der Waals surface area contributed by atoms with Gasteiger partial charge in [0.2, 0.25) is 11.2 Å². The summed E-state index contributed by atoms with van der Waals surface area (Å²) in [5.41, 5.74) is -0.0465. The van der Waals surface area contributed by atoms with E-state index in [1.54, 1.807) is 12.1 Å². The molecule has 1 aliphatic rings. The molecule has 0 bridgehead atoms. The second kappa shape index (κ2) is 9.09. The Hall–Kier alpha value is -3.00. The lowest BCUT2D eigenvalue weighted by atomic mass is 9.99. The number of ether oxygens (including phenoxy) is 1. The minimum Gasteiger partial charge on any atom is -0.507 e. The van der Waals surface area contributed by atoms with Gasteiger partial charge >= 0.3 is 6.18 Å². The highest BCUT2D eigenvalue weighted by Crippen LogP contribution is 2.40. The van der Waals surface area contributed by atoms with Crippen molar-refractivity contribution in [2.24, 2.45) is 5.92 Å². The number of likely N-dealkylation sites (tertiary alicyclic amines) is 1. The molecule has 176 valence electrons. The third-order valence-electron chi connectivity index (χ3n) is 6.03. The third-order valence-corrected chi connectivity index (χ3v) is 6.03. The van der Waals surface area contributed by atoms with E-state index in [0.29, 0.717) is 5.92 Å². The molecule has 33 heavy (non-hydrogen) atoms. The van der Waals surface area contributed by atoms with Gasteiger partial charge in [-0.05, 0) is 61.6 Å². The van der Waals surface area contributed by atoms with Crippen LogP contribution >= 0.6 is 0 Å². The monoisotopic (exact) mass is 461 g/mol. The zero-order chi connectivity index (χ0) is 23.8. The molecule has 0 amide bonds. The Morgan fingerprint density at radius 2 is 1.91 bits per heavy atom. The highest BCUT2D eigenvalue weighted by atomic mass is 19.4. The number of piperidine rings is 1. The van der Waals surface area contributed by atoms with Gasteiger partial charge in [-0.25, -0.2) is 0 Å². The van der Waals surface area contributed by atoms with Crippen molar-refractivity contribution in [2.75, 3.05) is 13.1 Å². The Bertz CT molecular complexity index is 1200. The molecule has 0 unspecified atom stereocenters. The number of hydrogen-bond acceptors (Lipinski definition) is 5. The van der Waals surface area contributed by atoms with E-state index in [9.17, 15) is 23.1 Å². The number of halogens is 3. The molecule has 0 saturated carbocycles. The van der Waals surface area contributed by atoms with Crippen LogP contribution in [-0.2, 0) is 19.1 Å². The Balaban J connectivity index is 1.83. The van der Waals surface area contributed by atoms with Crippen LogP contribution in [0.3, 0.4) is 0 Å². The van der Waals surface area contributed by atoms with E-state index in [4.69, 9.17) is 9.15 Å². The molecule has 1 saturated heterocycles. The van der Waals surface area contributed by atoms with Gasteiger partial charge in [-0.15, -0.1) is 0 Å². The number of fused-ring (bicyclic) bond motifs is 1. The zero-order valence-corrected chi connectivity index (χ0v) is 18.5. The number of nitrogens with zero attached hydrogens (tertiary/aromatic N) is 1. The summed E-state index contributed by atoms with van der Waals surface area (Å²) in [4.78, 5) is 15.2. The first kappa shape index (κ1) is 23.2. The number of aryl methyl sites for hydroxylation is 1. The first-order chi connectivity index (χ1) is 15.7. The number of aromatic hydroxyl groups is 1. The maximum atomic E-state index is 13.9. The minimum atomic E-state index is -4.96. The van der Waals surface area contributed by atoms with E-state index in [1.807, 2.05) is 6.92 Å². The Labute approximate surface area is 189 Å². The number of alkyl halides is 3. The largest absolute Gasteiger partial charge is 0.507 e. The molecule has 2 heterocycles. The lowest BCUT2D eigenvalue weighted by molar-refractivity contribution is -0.154. The maximum Gasteiger partial charge on any atom is 0.453 e. The van der Waals surface area contributed by atoms with Gasteiger partial charge in [0.05, 0.1) is 10.9 Å². The van der Waals surface area contributed by atoms with Crippen molar-refractivity contribution in [1.29, 1.82) is 0 Å². The number of phenols is 1. The Kier molecular flexibility index (Phi) is 6.38. The molecule has 1 N–H and O–H groups in total. The third kappa shape index (κ3) is 4.85. The molecule has 1 atom stereocenters. The highest BCUT2D eigenvalue weighted by Gasteiger charge is 2.41. The molecular formula is C25H26F3NO4. The molecule has 4 rings (SSSR count). The number of phenolic OH excluding ortho intramolecular Hbond substituents is 1. The molecule has 3 aromatic rings. The Morgan fingerprint density at radius 1 is 1.18 bits per heavy atom. The van der Waals surface area contributed by atoms with E-state index in [1.165, 1.54) is 24.3 Å². The van der Waals surface area contributed by atoms with Gasteiger partial charge in [0.1, 0.15) is 17.1 Å². The second-order valence-electron chi connectivity index (χ2n) is 8.61. The predicted molar refractivity (Wildman–Crippen MR) is 119 cm³/mol. The van der Waals surface area contributed by atoms with Crippen LogP contribution in [0.5, 0.6) is 17.2 Å². The van der Waals surface area contributed by atoms with Gasteiger partial charge < -0.3 is 14.3 Å². The molecule has 5 nitrogen and oxygen atoms in total. The topological polar surface area (TPSA) is 62.9 Å². The van der Waals surface area contributed by atoms with Gasteiger partial charge in [0.15, 0.2) is 0 Å². The lowest BCUT2D eigenvalue weighted by Crippen LogP contribution is -2.33. The summed E-state index contributed by atoms with van der Waals surface area (Å²) < 4.78 is 52.5. The zero-order valence-electron chi connectivity index (χ0n) is 18.5. The van der Waals surface area contributed by atoms with Gasteiger partial charge in [-0.1, -0.05) is 26.0 Å². The summed E-state index contributed by atoms with van der Waals surface area (Å²) in [6, 6.07) is 9.06. The van der Waals surface area contributed by atoms with E-state index in [2.05, 4.69) is 11.8 Å². The molecule has 2 aromatic carbocycles. The highest BCUT2D eigenvalue weighted by molar-refractivity contribution is 5.83. The summed E-state index contributed by atoms with van der Waals surface area (Å²) in [6.45, 7) is 5.75. The van der Waals surface area contributed by atoms with Crippen molar-refractivity contribution in [3.63, 3.8) is 0 Å². The van der Waals surface area contributed by atoms with Gasteiger partial charge in [0, 0.05) is 13.1 Å². The molecule has 0 aliphatic carbocycles. The molecule has 1 fully saturated rings. The fourth-order valence-corrected chi connectivity index (χ4v) is 4.28. The maximum absolute atomic E-state index is 13.9. The summed E-state index contributed by atoms with van der Waals surface area (Å²) in [7, 11) is 0. The van der Waals surface area contributed by atoms with Crippen LogP contribution in [-0.4, -0.2) is 23.1 Å². The molecule has 0 radical (unpaired) electrons. The average Bonchev–Trinajstić information content (AvgIpc) is 2.77. The predicted octanol–water partition coefficient (Wildman–Crippen LogP) is 6.10. The summed E-state index contributed by atoms with van der Waals surface area (Å²) in [5.74, 6) is -2.10. The van der Waals surface area contributed by atoms with Crippen LogP contribution < -0.4 is 10.2 Å². The molecule has 1 aromatic heterocycles. The van der Waals surface area contributed by atoms with Crippen molar-refractivity contribution in [1.82, 2.24) is 4.90 Å². The van der Waals surface area contributed by atoms with Crippen molar-refractivity contribution < 1.29 is 27.4 Å². The standard InChI is InChI=1S/C25H26F3NO4/c1-3-16-6-8-17(9-7-16)32-23-21(31)18-10-11-20(30)19(14-29-12-4-5-15(2)13-29)22(18)33-24(23)25(26,27)28/h6-11,15,30H,3-5,12-14H2,1-2H3/t15-/m1/s1. The van der Waals surface area contributed by atoms with Crippen LogP contribution in [0, 0.1) is 5.92 Å². The first-order valence-corrected chi connectivity index (χ1v) is 11.0. The van der Waals surface area contributed by atoms with Gasteiger partial charge in [0.25, 0.3) is 5.76 Å². The minimum absolute atomic E-state index is 0.0685. The van der Waals surface area contributed by atoms with E-state index in [0.717, 1.165) is 37.9 Å². The normalized spacial score (nSPS) is 17.4. The summed E-state index contributed by atoms with van der Waals surface area (Å²) in [6.07, 6.45) is -2.17. The van der Waals surface area contributed by atoms with Crippen molar-refractivity contribution in [3.05, 3.63) is 63.5 Å². The lowest BCUT2D eigenvalue weighted by Gasteiger charge is -2.31. The smallest absolute Gasteiger partial charge is 0.453 e. The van der Waals surface area contributed by atoms with Crippen molar-refractivity contribution >= 4 is 11.0 Å². The van der Waals surface area contributed by atoms with E-state index in [-0.39, 0.29) is 34.6 Å². The molecule has 0 spiro atoms. The van der Waals surface area contributed by atoms with Crippen LogP contribution in [0.25, 0.3) is 11.0 Å². The SMILES string of the molecule is CCc1ccc(Oc2c(C(F)(F)F)oc3c(CN4CCC[C@@H](C)C4)c(O)ccc3c2=O)cc1. The molecular weight excluding hydrogens is 435 g/mol. The van der Waals surface area contributed by atoms with Gasteiger partial charge in [-0.3, -0.25) is 9.69 Å². The fourth-order valence-electron chi connectivity index (χ4n) is 4.28. The van der Waals surface area contributed by atoms with E-state index < -0.39 is 23.1 Å². The average molecular weight is 461 g/mol. The number of hydrogen-bond donors (Lipinski definition) is 1. The summed E-state index contributed by atoms with van der Waals surface area (Å²) in [5, 5.41) is 10.4. The second-order valence-corrected chi connectivity index (χ2v) is 8.61. The summed E-state index contributed by atoms with van der Waals surface area (Å²) >= 11 is 0. The first-order valence-electron chi connectivity index (χ1n) is 11.0. The number of rotatable bonds is 5. The van der Waals surface area contributed by atoms with Crippen molar-refractivity contribution in [2.45, 2.75) is 45.8 Å². The fraction of sp³-hybridized carbons (Fsp3) is 0.400. The van der Waals surface area contributed by atoms with Crippen LogP contribution in [0.1, 0.15) is 43.6 Å². The number of benzene rings is 2. The quantitative estimate of drug-likeness (QED) is 0.497.